The monoisotopic (exact) mass is 282 g/mol. The van der Waals surface area contributed by atoms with Crippen LogP contribution in [-0.4, -0.2) is 35.2 Å². The quantitative estimate of drug-likeness (QED) is 0.798. The molecule has 1 N–H and O–H groups in total. The Morgan fingerprint density at radius 2 is 2.10 bits per heavy atom. The molecule has 1 atom stereocenters. The van der Waals surface area contributed by atoms with Gasteiger partial charge in [0.05, 0.1) is 6.42 Å². The van der Waals surface area contributed by atoms with Gasteiger partial charge in [-0.2, -0.15) is 0 Å². The van der Waals surface area contributed by atoms with Crippen LogP contribution in [0.2, 0.25) is 0 Å². The summed E-state index contributed by atoms with van der Waals surface area (Å²) < 4.78 is 26.2. The van der Waals surface area contributed by atoms with Gasteiger partial charge < -0.3 is 4.90 Å². The molecular formula is C13H12F2N2O3. The normalized spacial score (nSPS) is 18.9. The van der Waals surface area contributed by atoms with Gasteiger partial charge in [-0.1, -0.05) is 6.07 Å². The van der Waals surface area contributed by atoms with Crippen molar-refractivity contribution in [3.05, 3.63) is 35.4 Å². The number of benzene rings is 1. The van der Waals surface area contributed by atoms with E-state index in [4.69, 9.17) is 0 Å². The van der Waals surface area contributed by atoms with E-state index in [1.807, 2.05) is 0 Å². The minimum atomic E-state index is -0.834. The summed E-state index contributed by atoms with van der Waals surface area (Å²) in [5, 5.41) is 2.10. The standard InChI is InChI=1S/C13H12F2N2O3/c1-7-13(20)16-11(18)6-17(7)12(19)4-8-2-3-9(14)5-10(8)15/h2-3,5,7H,4,6H2,1H3,(H,16,18,20). The summed E-state index contributed by atoms with van der Waals surface area (Å²) in [6.07, 6.45) is -0.336. The van der Waals surface area contributed by atoms with Crippen LogP contribution in [0.15, 0.2) is 18.2 Å². The summed E-state index contributed by atoms with van der Waals surface area (Å²) in [5.74, 6) is -3.29. The molecule has 0 aliphatic carbocycles. The maximum absolute atomic E-state index is 13.5. The van der Waals surface area contributed by atoms with Crippen LogP contribution in [0.1, 0.15) is 12.5 Å². The summed E-state index contributed by atoms with van der Waals surface area (Å²) in [4.78, 5) is 35.8. The number of nitrogens with zero attached hydrogens (tertiary/aromatic N) is 1. The van der Waals surface area contributed by atoms with Crippen molar-refractivity contribution in [1.82, 2.24) is 10.2 Å². The zero-order chi connectivity index (χ0) is 14.9. The van der Waals surface area contributed by atoms with Gasteiger partial charge in [0.2, 0.25) is 17.7 Å². The molecule has 3 amide bonds. The van der Waals surface area contributed by atoms with Crippen molar-refractivity contribution in [3.63, 3.8) is 0 Å². The average Bonchev–Trinajstić information content (AvgIpc) is 2.37. The number of hydrogen-bond donors (Lipinski definition) is 1. The van der Waals surface area contributed by atoms with E-state index in [1.54, 1.807) is 0 Å². The summed E-state index contributed by atoms with van der Waals surface area (Å²) >= 11 is 0. The van der Waals surface area contributed by atoms with Gasteiger partial charge in [0, 0.05) is 6.07 Å². The Bertz CT molecular complexity index is 589. The fourth-order valence-corrected chi connectivity index (χ4v) is 1.95. The zero-order valence-corrected chi connectivity index (χ0v) is 10.7. The predicted molar refractivity (Wildman–Crippen MR) is 64.4 cm³/mol. The molecule has 0 spiro atoms. The van der Waals surface area contributed by atoms with E-state index in [9.17, 15) is 23.2 Å². The summed E-state index contributed by atoms with van der Waals surface area (Å²) in [7, 11) is 0. The molecule has 1 aliphatic rings. The smallest absolute Gasteiger partial charge is 0.249 e. The molecule has 5 nitrogen and oxygen atoms in total. The van der Waals surface area contributed by atoms with E-state index in [2.05, 4.69) is 5.32 Å². The topological polar surface area (TPSA) is 66.5 Å². The third kappa shape index (κ3) is 2.81. The van der Waals surface area contributed by atoms with Gasteiger partial charge in [0.15, 0.2) is 0 Å². The number of nitrogens with one attached hydrogen (secondary N) is 1. The summed E-state index contributed by atoms with van der Waals surface area (Å²) in [6.45, 7) is 1.22. The van der Waals surface area contributed by atoms with Crippen molar-refractivity contribution in [2.24, 2.45) is 0 Å². The number of halogens is 2. The minimum Gasteiger partial charge on any atom is -0.321 e. The Labute approximate surface area is 113 Å². The van der Waals surface area contributed by atoms with Crippen molar-refractivity contribution in [2.45, 2.75) is 19.4 Å². The highest BCUT2D eigenvalue weighted by atomic mass is 19.1. The van der Waals surface area contributed by atoms with Crippen LogP contribution in [0.25, 0.3) is 0 Å². The van der Waals surface area contributed by atoms with Gasteiger partial charge in [0.1, 0.15) is 24.2 Å². The van der Waals surface area contributed by atoms with E-state index in [0.29, 0.717) is 6.07 Å². The lowest BCUT2D eigenvalue weighted by molar-refractivity contribution is -0.149. The van der Waals surface area contributed by atoms with Crippen LogP contribution in [-0.2, 0) is 20.8 Å². The number of hydrogen-bond acceptors (Lipinski definition) is 3. The van der Waals surface area contributed by atoms with Crippen molar-refractivity contribution >= 4 is 17.7 Å². The Morgan fingerprint density at radius 1 is 1.40 bits per heavy atom. The van der Waals surface area contributed by atoms with Gasteiger partial charge in [0.25, 0.3) is 0 Å². The average molecular weight is 282 g/mol. The number of piperazine rings is 1. The first-order chi connectivity index (χ1) is 9.38. The van der Waals surface area contributed by atoms with Gasteiger partial charge in [-0.05, 0) is 18.6 Å². The molecule has 0 radical (unpaired) electrons. The fourth-order valence-electron chi connectivity index (χ4n) is 1.95. The molecule has 0 saturated carbocycles. The van der Waals surface area contributed by atoms with E-state index in [0.717, 1.165) is 11.0 Å². The number of amides is 3. The molecule has 1 aromatic rings. The lowest BCUT2D eigenvalue weighted by Crippen LogP contribution is -2.58. The van der Waals surface area contributed by atoms with Gasteiger partial charge in [-0.3, -0.25) is 19.7 Å². The minimum absolute atomic E-state index is 0.0158. The lowest BCUT2D eigenvalue weighted by Gasteiger charge is -2.31. The summed E-state index contributed by atoms with van der Waals surface area (Å²) in [6, 6.07) is 2.09. The van der Waals surface area contributed by atoms with Crippen LogP contribution in [0, 0.1) is 11.6 Å². The van der Waals surface area contributed by atoms with Gasteiger partial charge in [-0.15, -0.1) is 0 Å². The third-order valence-electron chi connectivity index (χ3n) is 3.10. The summed E-state index contributed by atoms with van der Waals surface area (Å²) in [5.41, 5.74) is 0.0158. The SMILES string of the molecule is CC1C(=O)NC(=O)CN1C(=O)Cc1ccc(F)cc1F. The Kier molecular flexibility index (Phi) is 3.78. The first-order valence-corrected chi connectivity index (χ1v) is 5.95. The molecule has 1 fully saturated rings. The molecule has 1 heterocycles. The van der Waals surface area contributed by atoms with Crippen molar-refractivity contribution in [1.29, 1.82) is 0 Å². The Morgan fingerprint density at radius 3 is 2.75 bits per heavy atom. The van der Waals surface area contributed by atoms with E-state index >= 15 is 0 Å². The van der Waals surface area contributed by atoms with Gasteiger partial charge in [-0.25, -0.2) is 8.78 Å². The van der Waals surface area contributed by atoms with Gasteiger partial charge >= 0.3 is 0 Å². The second-order valence-corrected chi connectivity index (χ2v) is 4.52. The molecule has 0 aromatic heterocycles. The second kappa shape index (κ2) is 5.36. The molecule has 0 bridgehead atoms. The number of carbonyl (C=O) groups is 3. The number of rotatable bonds is 2. The van der Waals surface area contributed by atoms with Crippen LogP contribution < -0.4 is 5.32 Å². The van der Waals surface area contributed by atoms with Crippen molar-refractivity contribution in [3.8, 4) is 0 Å². The Balaban J connectivity index is 2.15. The van der Waals surface area contributed by atoms with Crippen molar-refractivity contribution < 1.29 is 23.2 Å². The molecule has 2 rings (SSSR count). The maximum atomic E-state index is 13.5. The second-order valence-electron chi connectivity index (χ2n) is 4.52. The molecule has 20 heavy (non-hydrogen) atoms. The highest BCUT2D eigenvalue weighted by molar-refractivity contribution is 6.04. The zero-order valence-electron chi connectivity index (χ0n) is 10.7. The first kappa shape index (κ1) is 14.1. The van der Waals surface area contributed by atoms with Crippen LogP contribution >= 0.6 is 0 Å². The fraction of sp³-hybridized carbons (Fsp3) is 0.308. The first-order valence-electron chi connectivity index (χ1n) is 5.95. The highest BCUT2D eigenvalue weighted by Gasteiger charge is 2.33. The Hall–Kier alpha value is -2.31. The highest BCUT2D eigenvalue weighted by Crippen LogP contribution is 2.13. The maximum Gasteiger partial charge on any atom is 0.249 e. The number of imide groups is 1. The molecule has 1 aliphatic heterocycles. The molecular weight excluding hydrogens is 270 g/mol. The van der Waals surface area contributed by atoms with E-state index in [1.165, 1.54) is 13.0 Å². The van der Waals surface area contributed by atoms with E-state index in [-0.39, 0.29) is 18.5 Å². The van der Waals surface area contributed by atoms with Crippen molar-refractivity contribution in [2.75, 3.05) is 6.54 Å². The van der Waals surface area contributed by atoms with Crippen LogP contribution in [0.4, 0.5) is 8.78 Å². The van der Waals surface area contributed by atoms with Crippen LogP contribution in [0.5, 0.6) is 0 Å². The lowest BCUT2D eigenvalue weighted by atomic mass is 10.1. The molecule has 1 saturated heterocycles. The third-order valence-corrected chi connectivity index (χ3v) is 3.10. The van der Waals surface area contributed by atoms with E-state index < -0.39 is 35.4 Å². The molecule has 106 valence electrons. The van der Waals surface area contributed by atoms with Crippen LogP contribution in [0.3, 0.4) is 0 Å². The number of carbonyl (C=O) groups excluding carboxylic acids is 3. The largest absolute Gasteiger partial charge is 0.321 e. The predicted octanol–water partition coefficient (Wildman–Crippen LogP) is 0.381. The molecule has 7 heteroatoms. The molecule has 1 aromatic carbocycles. The molecule has 1 unspecified atom stereocenters.